The van der Waals surface area contributed by atoms with Gasteiger partial charge in [-0.2, -0.15) is 0 Å². The standard InChI is InChI=1S/C21H26N2O2.C19H22N2O2/c1-2-25-20(24)21(22-19-11-7-4-8-12-19)13-15-23(16-14-21)17-18-9-5-3-6-10-18;22-18(23)19(20-17-9-5-2-6-10-17)11-13-21(14-12-19)15-16-7-3-1-4-8-16/h3-12,22H,2,13-17H2,1H3;1-10,20H,11-15H2,(H,22,23)/i4D,7D,8D,11D,12D,13D2,14D2,15D2,16D2;2D,5D,6D,9D,10D,11D2,12D2,13D2,14D2. The van der Waals surface area contributed by atoms with Crippen molar-refractivity contribution >= 4 is 23.3 Å². The quantitative estimate of drug-likeness (QED) is 0.148. The highest BCUT2D eigenvalue weighted by Crippen LogP contribution is 2.30. The van der Waals surface area contributed by atoms with Crippen LogP contribution in [0.25, 0.3) is 0 Å². The predicted octanol–water partition coefficient (Wildman–Crippen LogP) is 6.91. The molecule has 2 aliphatic heterocycles. The molecule has 48 heavy (non-hydrogen) atoms. The summed E-state index contributed by atoms with van der Waals surface area (Å²) < 4.78 is 223. The number of para-hydroxylation sites is 2. The van der Waals surface area contributed by atoms with Crippen LogP contribution < -0.4 is 10.6 Å². The molecule has 0 amide bonds. The molecular weight excluding hydrogens is 600 g/mol. The van der Waals surface area contributed by atoms with Gasteiger partial charge < -0.3 is 20.5 Å². The van der Waals surface area contributed by atoms with E-state index in [2.05, 4.69) is 5.32 Å². The monoisotopic (exact) mass is 675 g/mol. The van der Waals surface area contributed by atoms with E-state index >= 15 is 0 Å². The number of carboxylic acid groups (broad SMARTS) is 1. The van der Waals surface area contributed by atoms with Gasteiger partial charge in [0.25, 0.3) is 0 Å². The fourth-order valence-electron chi connectivity index (χ4n) is 4.09. The number of carbonyl (C=O) groups is 2. The smallest absolute Gasteiger partial charge is 0.331 e. The fourth-order valence-corrected chi connectivity index (χ4v) is 4.09. The Kier molecular flexibility index (Phi) is 5.10. The molecule has 2 saturated heterocycles. The lowest BCUT2D eigenvalue weighted by Gasteiger charge is -2.41. The number of hydrogen-bond donors (Lipinski definition) is 3. The Morgan fingerprint density at radius 2 is 1.10 bits per heavy atom. The highest BCUT2D eigenvalue weighted by Gasteiger charge is 2.43. The van der Waals surface area contributed by atoms with Crippen molar-refractivity contribution < 1.29 is 55.1 Å². The molecule has 0 aliphatic carbocycles. The molecule has 0 radical (unpaired) electrons. The van der Waals surface area contributed by atoms with Crippen LogP contribution in [0.3, 0.4) is 0 Å². The number of esters is 1. The molecular formula is C40H48N4O4. The first-order valence-electron chi connectivity index (χ1n) is 27.4. The fraction of sp³-hybridized carbons (Fsp3) is 0.350. The molecule has 4 aromatic carbocycles. The molecule has 8 nitrogen and oxygen atoms in total. The van der Waals surface area contributed by atoms with Crippen LogP contribution in [0.1, 0.15) is 79.2 Å². The Labute approximate surface area is 321 Å². The number of likely N-dealkylation sites (tertiary alicyclic amines) is 2. The van der Waals surface area contributed by atoms with E-state index in [-0.39, 0.29) is 4.90 Å². The first kappa shape index (κ1) is 14.4. The number of benzene rings is 4. The van der Waals surface area contributed by atoms with Gasteiger partial charge in [0.2, 0.25) is 0 Å². The maximum absolute atomic E-state index is 13.5. The molecule has 4 aromatic rings. The summed E-state index contributed by atoms with van der Waals surface area (Å²) in [5, 5.41) is 14.1. The first-order chi connectivity index (χ1) is 33.6. The van der Waals surface area contributed by atoms with Crippen LogP contribution in [0.4, 0.5) is 11.4 Å². The number of rotatable bonds is 11. The third kappa shape index (κ3) is 9.46. The number of nitrogens with one attached hydrogen (secondary N) is 2. The van der Waals surface area contributed by atoms with E-state index in [1.165, 1.54) is 31.2 Å². The van der Waals surface area contributed by atoms with Gasteiger partial charge in [-0.05, 0) is 67.7 Å². The van der Waals surface area contributed by atoms with Gasteiger partial charge in [0.1, 0.15) is 11.1 Å². The first-order valence-corrected chi connectivity index (χ1v) is 14.4. The zero-order valence-corrected chi connectivity index (χ0v) is 25.5. The number of carbonyl (C=O) groups excluding carboxylic acids is 1. The molecule has 0 spiro atoms. The lowest BCUT2D eigenvalue weighted by Crippen LogP contribution is -2.55. The van der Waals surface area contributed by atoms with E-state index in [1.54, 1.807) is 36.4 Å². The van der Waals surface area contributed by atoms with Crippen LogP contribution in [0, 0.1) is 0 Å². The summed E-state index contributed by atoms with van der Waals surface area (Å²) in [6.07, 6.45) is -14.9. The zero-order chi connectivity index (χ0) is 56.7. The molecule has 0 saturated carbocycles. The lowest BCUT2D eigenvalue weighted by atomic mass is 9.86. The zero-order valence-electron chi connectivity index (χ0n) is 51.5. The second-order valence-electron chi connectivity index (χ2n) is 9.87. The Hall–Kier alpha value is -4.66. The Morgan fingerprint density at radius 1 is 0.708 bits per heavy atom. The number of piperidine rings is 2. The predicted molar refractivity (Wildman–Crippen MR) is 192 cm³/mol. The molecule has 252 valence electrons. The highest BCUT2D eigenvalue weighted by molar-refractivity contribution is 5.85. The average molecular weight is 675 g/mol. The van der Waals surface area contributed by atoms with Gasteiger partial charge in [0, 0.05) is 72.4 Å². The number of hydrogen-bond acceptors (Lipinski definition) is 7. The van der Waals surface area contributed by atoms with Crippen LogP contribution in [-0.4, -0.2) is 70.5 Å². The molecule has 0 aromatic heterocycles. The average Bonchev–Trinajstić information content (AvgIpc) is 3.31. The molecule has 8 heteroatoms. The Bertz CT molecular complexity index is 2700. The summed E-state index contributed by atoms with van der Waals surface area (Å²) >= 11 is 0. The van der Waals surface area contributed by atoms with Crippen LogP contribution >= 0.6 is 0 Å². The summed E-state index contributed by atoms with van der Waals surface area (Å²) in [7, 11) is 0. The maximum Gasteiger partial charge on any atom is 0.331 e. The summed E-state index contributed by atoms with van der Waals surface area (Å²) in [6.45, 7) is -14.1. The molecule has 0 unspecified atom stereocenters. The SMILES string of the molecule is [2H]c1c([2H])c([2H])c(NC2(C(=O)O)C([2H])([2H])C([2H])([2H])N(Cc3ccccc3)C([2H])([2H])C2([2H])[2H])c([2H])c1[2H].[2H]c1c([2H])c([2H])c(NC2(C(=O)OCC)C([2H])([2H])C([2H])([2H])N(Cc3ccccc3)C([2H])([2H])C2([2H])[2H])c([2H])c1[2H]. The van der Waals surface area contributed by atoms with Gasteiger partial charge >= 0.3 is 11.9 Å². The summed E-state index contributed by atoms with van der Waals surface area (Å²) in [6, 6.07) is 6.21. The van der Waals surface area contributed by atoms with Gasteiger partial charge in [-0.1, -0.05) is 96.9 Å². The number of nitrogens with zero attached hydrogens (tertiary/aromatic N) is 2. The van der Waals surface area contributed by atoms with Crippen molar-refractivity contribution in [1.29, 1.82) is 0 Å². The van der Waals surface area contributed by atoms with Gasteiger partial charge in [-0.25, -0.2) is 9.59 Å². The molecule has 0 bridgehead atoms. The maximum atomic E-state index is 13.5. The third-order valence-corrected chi connectivity index (χ3v) is 6.41. The van der Waals surface area contributed by atoms with E-state index in [1.807, 2.05) is 5.32 Å². The van der Waals surface area contributed by atoms with Crippen molar-refractivity contribution in [2.24, 2.45) is 0 Å². The minimum Gasteiger partial charge on any atom is -0.480 e. The molecule has 2 heterocycles. The molecule has 2 fully saturated rings. The van der Waals surface area contributed by atoms with Crippen LogP contribution in [0.15, 0.2) is 121 Å². The Balaban J connectivity index is 0.000000274. The minimum atomic E-state index is -3.80. The van der Waals surface area contributed by atoms with Crippen LogP contribution in [-0.2, 0) is 27.4 Å². The van der Waals surface area contributed by atoms with E-state index < -0.39 is 166 Å². The molecule has 6 rings (SSSR count). The van der Waals surface area contributed by atoms with Crippen molar-refractivity contribution in [3.8, 4) is 0 Å². The van der Waals surface area contributed by atoms with E-state index in [0.29, 0.717) is 16.0 Å². The summed E-state index contributed by atoms with van der Waals surface area (Å²) in [5.41, 5.74) is -8.68. The minimum absolute atomic E-state index is 0.250. The van der Waals surface area contributed by atoms with Crippen molar-refractivity contribution in [2.75, 3.05) is 43.2 Å². The lowest BCUT2D eigenvalue weighted by molar-refractivity contribution is -0.150. The van der Waals surface area contributed by atoms with E-state index in [9.17, 15) is 14.7 Å². The second-order valence-corrected chi connectivity index (χ2v) is 9.87. The normalized spacial score (nSPS) is 33.5. The van der Waals surface area contributed by atoms with Crippen LogP contribution in [0.5, 0.6) is 0 Å². The largest absolute Gasteiger partial charge is 0.480 e. The number of aliphatic carboxylic acids is 1. The number of anilines is 2. The van der Waals surface area contributed by atoms with Crippen molar-refractivity contribution in [2.45, 2.75) is 56.6 Å². The van der Waals surface area contributed by atoms with E-state index in [4.69, 9.17) is 40.4 Å². The second kappa shape index (κ2) is 16.9. The van der Waals surface area contributed by atoms with Gasteiger partial charge in [-0.3, -0.25) is 9.80 Å². The van der Waals surface area contributed by atoms with Crippen molar-refractivity contribution in [3.05, 3.63) is 132 Å². The molecule has 0 atom stereocenters. The summed E-state index contributed by atoms with van der Waals surface area (Å²) in [5.74, 6) is -4.11. The summed E-state index contributed by atoms with van der Waals surface area (Å²) in [4.78, 5) is 26.7. The topological polar surface area (TPSA) is 94.1 Å². The number of ether oxygens (including phenoxy) is 1. The third-order valence-electron chi connectivity index (χ3n) is 6.41. The highest BCUT2D eigenvalue weighted by atomic mass is 16.5. The van der Waals surface area contributed by atoms with Gasteiger partial charge in [-0.15, -0.1) is 0 Å². The molecule has 3 N–H and O–H groups in total. The van der Waals surface area contributed by atoms with Gasteiger partial charge in [0.05, 0.1) is 20.3 Å². The van der Waals surface area contributed by atoms with Gasteiger partial charge in [0.15, 0.2) is 0 Å². The van der Waals surface area contributed by atoms with Crippen molar-refractivity contribution in [3.63, 3.8) is 0 Å². The molecule has 2 aliphatic rings. The van der Waals surface area contributed by atoms with Crippen molar-refractivity contribution in [1.82, 2.24) is 9.80 Å². The van der Waals surface area contributed by atoms with E-state index in [0.717, 1.165) is 0 Å². The Morgan fingerprint density at radius 3 is 1.50 bits per heavy atom. The van der Waals surface area contributed by atoms with Crippen LogP contribution in [0.2, 0.25) is 0 Å². The number of carboxylic acids is 1.